The maximum Gasteiger partial charge on any atom is 0.0429 e. The van der Waals surface area contributed by atoms with E-state index in [2.05, 4.69) is 85.1 Å². The van der Waals surface area contributed by atoms with Crippen LogP contribution in [0.15, 0.2) is 0 Å². The van der Waals surface area contributed by atoms with E-state index in [0.29, 0.717) is 0 Å². The standard InChI is InChI=1S/C18H42N4P2/c1-9-19(10-2)23(20(11-3)12-4)17-24(18-23,21(13-5)14-6)22(15-7)16-8/h17-18H,9-16H2,1-8H3. The molecular weight excluding hydrogens is 334 g/mol. The maximum absolute atomic E-state index is 2.85. The predicted octanol–water partition coefficient (Wildman–Crippen LogP) is 4.58. The highest BCUT2D eigenvalue weighted by atomic mass is 31.2. The minimum Gasteiger partial charge on any atom is -0.269 e. The van der Waals surface area contributed by atoms with Crippen molar-refractivity contribution in [1.82, 2.24) is 18.7 Å². The molecular formula is C18H42N4P2. The molecule has 0 N–H and O–H groups in total. The lowest BCUT2D eigenvalue weighted by molar-refractivity contribution is 0.420. The quantitative estimate of drug-likeness (QED) is 0.462. The Balaban J connectivity index is 3.50. The molecule has 1 aliphatic rings. The van der Waals surface area contributed by atoms with Crippen molar-refractivity contribution >= 4 is 25.5 Å². The van der Waals surface area contributed by atoms with Crippen LogP contribution in [-0.4, -0.2) is 82.1 Å². The average Bonchev–Trinajstić information content (AvgIpc) is 2.57. The van der Waals surface area contributed by atoms with Crippen molar-refractivity contribution in [2.45, 2.75) is 55.4 Å². The maximum atomic E-state index is 2.85. The highest BCUT2D eigenvalue weighted by Crippen LogP contribution is 2.73. The van der Waals surface area contributed by atoms with Gasteiger partial charge in [0.25, 0.3) is 0 Å². The highest BCUT2D eigenvalue weighted by molar-refractivity contribution is 8.18. The summed E-state index contributed by atoms with van der Waals surface area (Å²) in [5.41, 5.74) is 5.69. The van der Waals surface area contributed by atoms with Crippen molar-refractivity contribution in [2.24, 2.45) is 0 Å². The minimum atomic E-state index is -1.39. The zero-order chi connectivity index (χ0) is 18.4. The first-order chi connectivity index (χ1) is 11.5. The summed E-state index contributed by atoms with van der Waals surface area (Å²) in [4.78, 5) is 0. The molecule has 1 rings (SSSR count). The number of rotatable bonds is 12. The average molecular weight is 377 g/mol. The van der Waals surface area contributed by atoms with Crippen molar-refractivity contribution in [3.8, 4) is 0 Å². The molecule has 0 aromatic carbocycles. The van der Waals surface area contributed by atoms with Gasteiger partial charge in [-0.25, -0.2) is 0 Å². The molecule has 1 heterocycles. The molecule has 0 unspecified atom stereocenters. The van der Waals surface area contributed by atoms with Crippen molar-refractivity contribution in [2.75, 3.05) is 52.4 Å². The molecule has 0 spiro atoms. The predicted molar refractivity (Wildman–Crippen MR) is 118 cm³/mol. The first-order valence-corrected chi connectivity index (χ1v) is 13.7. The molecule has 0 atom stereocenters. The first kappa shape index (κ1) is 22.5. The van der Waals surface area contributed by atoms with Crippen LogP contribution in [0.4, 0.5) is 0 Å². The van der Waals surface area contributed by atoms with Gasteiger partial charge in [-0.15, -0.1) is 0 Å². The topological polar surface area (TPSA) is 13.0 Å². The van der Waals surface area contributed by atoms with Gasteiger partial charge in [0.2, 0.25) is 0 Å². The van der Waals surface area contributed by atoms with Gasteiger partial charge in [0.15, 0.2) is 0 Å². The van der Waals surface area contributed by atoms with Gasteiger partial charge < -0.3 is 0 Å². The Hall–Kier alpha value is 0.440. The molecule has 1 aliphatic heterocycles. The van der Waals surface area contributed by atoms with Crippen molar-refractivity contribution < 1.29 is 0 Å². The van der Waals surface area contributed by atoms with Gasteiger partial charge in [-0.1, -0.05) is 55.4 Å². The normalized spacial score (nSPS) is 18.8. The fourth-order valence-electron chi connectivity index (χ4n) is 4.14. The second kappa shape index (κ2) is 9.95. The molecule has 144 valence electrons. The van der Waals surface area contributed by atoms with Crippen molar-refractivity contribution in [1.29, 1.82) is 0 Å². The zero-order valence-electron chi connectivity index (χ0n) is 17.5. The minimum absolute atomic E-state index is 1.14. The third kappa shape index (κ3) is 3.75. The Labute approximate surface area is 152 Å². The van der Waals surface area contributed by atoms with E-state index in [1.165, 1.54) is 0 Å². The molecule has 0 radical (unpaired) electrons. The molecule has 0 fully saturated rings. The van der Waals surface area contributed by atoms with Crippen molar-refractivity contribution in [3.05, 3.63) is 0 Å². The summed E-state index contributed by atoms with van der Waals surface area (Å²) in [6.07, 6.45) is 0. The summed E-state index contributed by atoms with van der Waals surface area (Å²) in [5.74, 6) is 0. The van der Waals surface area contributed by atoms with Gasteiger partial charge in [0.1, 0.15) is 0 Å². The van der Waals surface area contributed by atoms with Crippen LogP contribution in [0.3, 0.4) is 0 Å². The third-order valence-corrected chi connectivity index (χ3v) is 16.7. The Kier molecular flexibility index (Phi) is 9.32. The van der Waals surface area contributed by atoms with Crippen LogP contribution in [0.1, 0.15) is 55.4 Å². The molecule has 6 heteroatoms. The second-order valence-electron chi connectivity index (χ2n) is 6.19. The van der Waals surface area contributed by atoms with E-state index >= 15 is 0 Å². The largest absolute Gasteiger partial charge is 0.269 e. The zero-order valence-corrected chi connectivity index (χ0v) is 19.3. The van der Waals surface area contributed by atoms with Gasteiger partial charge in [0.05, 0.1) is 0 Å². The van der Waals surface area contributed by atoms with E-state index in [0.717, 1.165) is 52.4 Å². The Morgan fingerprint density at radius 2 is 0.583 bits per heavy atom. The Morgan fingerprint density at radius 3 is 0.708 bits per heavy atom. The van der Waals surface area contributed by atoms with E-state index < -0.39 is 14.4 Å². The fourth-order valence-corrected chi connectivity index (χ4v) is 17.1. The van der Waals surface area contributed by atoms with Crippen LogP contribution < -0.4 is 0 Å². The Bertz CT molecular complexity index is 386. The molecule has 0 aliphatic carbocycles. The summed E-state index contributed by atoms with van der Waals surface area (Å²) >= 11 is 0. The third-order valence-electron chi connectivity index (χ3n) is 5.41. The molecule has 0 amide bonds. The lowest BCUT2D eigenvalue weighted by Gasteiger charge is -2.56. The lowest BCUT2D eigenvalue weighted by Crippen LogP contribution is -2.43. The summed E-state index contributed by atoms with van der Waals surface area (Å²) < 4.78 is 11.0. The summed E-state index contributed by atoms with van der Waals surface area (Å²) in [6, 6.07) is 0. The SMILES string of the molecule is CCN(CC)P1(N(CC)CC)=CP(N(CC)CC)(N(CC)CC)=C1. The van der Waals surface area contributed by atoms with Crippen LogP contribution in [-0.2, 0) is 0 Å². The number of nitrogens with zero attached hydrogens (tertiary/aromatic N) is 4. The van der Waals surface area contributed by atoms with Gasteiger partial charge in [-0.05, 0) is 11.1 Å². The highest BCUT2D eigenvalue weighted by Gasteiger charge is 2.43. The summed E-state index contributed by atoms with van der Waals surface area (Å²) in [6.45, 7) is 27.7. The van der Waals surface area contributed by atoms with Gasteiger partial charge in [0, 0.05) is 66.7 Å². The van der Waals surface area contributed by atoms with Crippen LogP contribution >= 0.6 is 14.4 Å². The Morgan fingerprint density at radius 1 is 0.417 bits per heavy atom. The molecule has 0 aromatic rings. The second-order valence-corrected chi connectivity index (χ2v) is 13.1. The summed E-state index contributed by atoms with van der Waals surface area (Å²) in [7, 11) is -2.78. The van der Waals surface area contributed by atoms with Crippen LogP contribution in [0.25, 0.3) is 0 Å². The molecule has 0 saturated carbocycles. The summed E-state index contributed by atoms with van der Waals surface area (Å²) in [5, 5.41) is 0. The van der Waals surface area contributed by atoms with Gasteiger partial charge >= 0.3 is 0 Å². The number of hydrogen-bond donors (Lipinski definition) is 0. The number of hydrogen-bond acceptors (Lipinski definition) is 4. The van der Waals surface area contributed by atoms with Crippen molar-refractivity contribution in [3.63, 3.8) is 0 Å². The van der Waals surface area contributed by atoms with E-state index in [-0.39, 0.29) is 0 Å². The van der Waals surface area contributed by atoms with E-state index in [1.807, 2.05) is 0 Å². The molecule has 0 bridgehead atoms. The first-order valence-electron chi connectivity index (χ1n) is 10.0. The molecule has 0 saturated heterocycles. The van der Waals surface area contributed by atoms with E-state index in [1.54, 1.807) is 0 Å². The van der Waals surface area contributed by atoms with Crippen LogP contribution in [0.2, 0.25) is 0 Å². The van der Waals surface area contributed by atoms with Crippen LogP contribution in [0, 0.1) is 0 Å². The smallest absolute Gasteiger partial charge is 0.0429 e. The van der Waals surface area contributed by atoms with E-state index in [9.17, 15) is 0 Å². The van der Waals surface area contributed by atoms with Crippen LogP contribution in [0.5, 0.6) is 0 Å². The van der Waals surface area contributed by atoms with Gasteiger partial charge in [-0.3, -0.25) is 18.7 Å². The fraction of sp³-hybridized carbons (Fsp3) is 0.889. The van der Waals surface area contributed by atoms with Gasteiger partial charge in [-0.2, -0.15) is 0 Å². The molecule has 0 aromatic heterocycles. The molecule has 24 heavy (non-hydrogen) atoms. The lowest BCUT2D eigenvalue weighted by atomic mass is 10.7. The monoisotopic (exact) mass is 376 g/mol. The van der Waals surface area contributed by atoms with E-state index in [4.69, 9.17) is 0 Å². The molecule has 4 nitrogen and oxygen atoms in total.